The Hall–Kier alpha value is 0.0184. The van der Waals surface area contributed by atoms with E-state index in [1.807, 2.05) is 0 Å². The van der Waals surface area contributed by atoms with Crippen LogP contribution >= 0.6 is 15.9 Å². The zero-order chi connectivity index (χ0) is 7.56. The van der Waals surface area contributed by atoms with Gasteiger partial charge in [0.15, 0.2) is 0 Å². The van der Waals surface area contributed by atoms with Crippen LogP contribution in [0.2, 0.25) is 0 Å². The van der Waals surface area contributed by atoms with Gasteiger partial charge in [0.05, 0.1) is 0 Å². The first-order valence-electron chi connectivity index (χ1n) is 2.69. The van der Waals surface area contributed by atoms with Gasteiger partial charge in [0, 0.05) is 0 Å². The molecule has 0 heterocycles. The molecule has 2 nitrogen and oxygen atoms in total. The van der Waals surface area contributed by atoms with Crippen molar-refractivity contribution in [2.75, 3.05) is 0 Å². The first-order valence-corrected chi connectivity index (χ1v) is 6.32. The summed E-state index contributed by atoms with van der Waals surface area (Å²) in [4.78, 5) is 0. The Morgan fingerprint density at radius 1 is 1.30 bits per heavy atom. The molecule has 1 unspecified atom stereocenters. The second-order valence-electron chi connectivity index (χ2n) is 1.81. The molecule has 54 valence electrons. The summed E-state index contributed by atoms with van der Waals surface area (Å²) >= 11 is 0.169. The van der Waals surface area contributed by atoms with Crippen LogP contribution in [0.5, 0.6) is 0 Å². The second-order valence-corrected chi connectivity index (χ2v) is 5.22. The number of halogens is 1. The van der Waals surface area contributed by atoms with E-state index in [9.17, 15) is 3.74 Å². The summed E-state index contributed by atoms with van der Waals surface area (Å²) in [5, 5.41) is 0. The quantitative estimate of drug-likeness (QED) is 0.741. The van der Waals surface area contributed by atoms with E-state index in [1.165, 1.54) is 0 Å². The van der Waals surface area contributed by atoms with Gasteiger partial charge in [-0.15, -0.1) is 0 Å². The third kappa shape index (κ3) is 2.01. The number of hydrogen-bond donors (Lipinski definition) is 1. The van der Waals surface area contributed by atoms with Crippen LogP contribution in [0.3, 0.4) is 0 Å². The maximum absolute atomic E-state index is 10.5. The maximum atomic E-state index is 10.5. The fourth-order valence-corrected chi connectivity index (χ4v) is 1.80. The first kappa shape index (κ1) is 8.12. The minimum absolute atomic E-state index is 0.559. The van der Waals surface area contributed by atoms with Crippen molar-refractivity contribution >= 4 is 35.2 Å². The van der Waals surface area contributed by atoms with E-state index >= 15 is 0 Å². The summed E-state index contributed by atoms with van der Waals surface area (Å²) in [6.45, 7) is 0. The second kappa shape index (κ2) is 3.42. The molecule has 0 aliphatic rings. The van der Waals surface area contributed by atoms with Crippen LogP contribution < -0.4 is 4.35 Å². The molecule has 0 amide bonds. The van der Waals surface area contributed by atoms with Gasteiger partial charge in [0.1, 0.15) is 0 Å². The van der Waals surface area contributed by atoms with Crippen molar-refractivity contribution in [1.82, 2.24) is 0 Å². The standard InChI is InChI=1S/C6H6AsBrO2/c8-6-3-1-5(2-4-6)7(9)10/h1-4,7H,(H,9,10). The molecule has 1 N–H and O–H groups in total. The van der Waals surface area contributed by atoms with Gasteiger partial charge in [0.25, 0.3) is 0 Å². The monoisotopic (exact) mass is 264 g/mol. The van der Waals surface area contributed by atoms with Crippen LogP contribution in [-0.2, 0) is 3.74 Å². The fourth-order valence-electron chi connectivity index (χ4n) is 0.592. The van der Waals surface area contributed by atoms with Crippen molar-refractivity contribution in [1.29, 1.82) is 0 Å². The van der Waals surface area contributed by atoms with Gasteiger partial charge < -0.3 is 0 Å². The Balaban J connectivity index is 3.00. The van der Waals surface area contributed by atoms with Gasteiger partial charge in [-0.1, -0.05) is 0 Å². The van der Waals surface area contributed by atoms with E-state index in [-0.39, 0.29) is 0 Å². The van der Waals surface area contributed by atoms with E-state index in [4.69, 9.17) is 4.10 Å². The predicted octanol–water partition coefficient (Wildman–Crippen LogP) is 0.299. The molecule has 1 aromatic rings. The van der Waals surface area contributed by atoms with Crippen LogP contribution in [0, 0.1) is 0 Å². The van der Waals surface area contributed by atoms with E-state index in [2.05, 4.69) is 15.9 Å². The molecule has 10 heavy (non-hydrogen) atoms. The van der Waals surface area contributed by atoms with Crippen LogP contribution in [0.25, 0.3) is 0 Å². The van der Waals surface area contributed by atoms with Crippen LogP contribution in [0.15, 0.2) is 28.7 Å². The summed E-state index contributed by atoms with van der Waals surface area (Å²) in [6, 6.07) is 6.84. The van der Waals surface area contributed by atoms with E-state index in [0.29, 0.717) is 4.35 Å². The molecule has 0 bridgehead atoms. The zero-order valence-electron chi connectivity index (χ0n) is 5.04. The first-order chi connectivity index (χ1) is 4.70. The Morgan fingerprint density at radius 3 is 2.20 bits per heavy atom. The molecule has 1 rings (SSSR count). The molecule has 0 aliphatic heterocycles. The molecular weight excluding hydrogens is 259 g/mol. The van der Waals surface area contributed by atoms with Crippen molar-refractivity contribution in [3.05, 3.63) is 28.7 Å². The van der Waals surface area contributed by atoms with Gasteiger partial charge in [-0.3, -0.25) is 0 Å². The van der Waals surface area contributed by atoms with Gasteiger partial charge >= 0.3 is 71.8 Å². The number of benzene rings is 1. The van der Waals surface area contributed by atoms with Crippen LogP contribution in [0.1, 0.15) is 0 Å². The average Bonchev–Trinajstić information content (AvgIpc) is 1.88. The predicted molar refractivity (Wildman–Crippen MR) is 43.8 cm³/mol. The molecule has 0 radical (unpaired) electrons. The zero-order valence-corrected chi connectivity index (χ0v) is 8.73. The Labute approximate surface area is 71.8 Å². The molecule has 0 aromatic heterocycles. The molecule has 0 aliphatic carbocycles. The Morgan fingerprint density at radius 2 is 1.80 bits per heavy atom. The molecule has 0 spiro atoms. The molecular formula is C6H6AsBrO2. The van der Waals surface area contributed by atoms with Gasteiger partial charge in [-0.05, 0) is 0 Å². The summed E-state index contributed by atoms with van der Waals surface area (Å²) < 4.78 is 20.7. The van der Waals surface area contributed by atoms with Crippen LogP contribution in [0.4, 0.5) is 0 Å². The molecule has 0 saturated heterocycles. The van der Waals surface area contributed by atoms with E-state index in [0.717, 1.165) is 4.47 Å². The topological polar surface area (TPSA) is 37.3 Å². The van der Waals surface area contributed by atoms with Gasteiger partial charge in [-0.25, -0.2) is 0 Å². The third-order valence-electron chi connectivity index (χ3n) is 1.09. The van der Waals surface area contributed by atoms with Crippen molar-refractivity contribution in [2.24, 2.45) is 0 Å². The van der Waals surface area contributed by atoms with Crippen LogP contribution in [-0.4, -0.2) is 19.0 Å². The van der Waals surface area contributed by atoms with Crippen molar-refractivity contribution in [2.45, 2.75) is 0 Å². The minimum atomic E-state index is -3.06. The average molecular weight is 265 g/mol. The Kier molecular flexibility index (Phi) is 2.78. The summed E-state index contributed by atoms with van der Waals surface area (Å²) in [7, 11) is 0. The Bertz CT molecular complexity index is 244. The van der Waals surface area contributed by atoms with Crippen molar-refractivity contribution in [3.8, 4) is 0 Å². The molecule has 1 aromatic carbocycles. The summed E-state index contributed by atoms with van der Waals surface area (Å²) in [6.07, 6.45) is 0. The molecule has 0 saturated carbocycles. The summed E-state index contributed by atoms with van der Waals surface area (Å²) in [5.74, 6) is 0. The molecule has 4 heteroatoms. The number of hydrogen-bond acceptors (Lipinski definition) is 1. The molecule has 1 atom stereocenters. The third-order valence-corrected chi connectivity index (χ3v) is 3.36. The SMILES string of the molecule is O=[AsH](O)c1ccc(Br)cc1. The summed E-state index contributed by atoms with van der Waals surface area (Å²) in [5.41, 5.74) is 0. The molecule has 0 fully saturated rings. The normalized spacial score (nSPS) is 13.0. The van der Waals surface area contributed by atoms with Gasteiger partial charge in [0.2, 0.25) is 0 Å². The number of rotatable bonds is 1. The van der Waals surface area contributed by atoms with Crippen molar-refractivity contribution in [3.63, 3.8) is 0 Å². The van der Waals surface area contributed by atoms with E-state index < -0.39 is 14.9 Å². The fraction of sp³-hybridized carbons (Fsp3) is 0. The van der Waals surface area contributed by atoms with Crippen molar-refractivity contribution < 1.29 is 7.84 Å². The van der Waals surface area contributed by atoms with E-state index in [1.54, 1.807) is 24.3 Å². The van der Waals surface area contributed by atoms with Gasteiger partial charge in [-0.2, -0.15) is 0 Å².